The maximum Gasteiger partial charge on any atom is 0.251 e. The molecule has 0 aromatic heterocycles. The summed E-state index contributed by atoms with van der Waals surface area (Å²) in [5.74, 6) is 1.29. The van der Waals surface area contributed by atoms with E-state index < -0.39 is 0 Å². The number of nitrogens with one attached hydrogen (secondary N) is 3. The summed E-state index contributed by atoms with van der Waals surface area (Å²) in [5.41, 5.74) is 1.81. The monoisotopic (exact) mass is 503 g/mol. The Morgan fingerprint density at radius 1 is 1.29 bits per heavy atom. The Morgan fingerprint density at radius 2 is 2.04 bits per heavy atom. The van der Waals surface area contributed by atoms with Gasteiger partial charge in [-0.2, -0.15) is 0 Å². The largest absolute Gasteiger partial charge is 0.379 e. The summed E-state index contributed by atoms with van der Waals surface area (Å²) >= 11 is 0. The van der Waals surface area contributed by atoms with Crippen LogP contribution in [0.5, 0.6) is 0 Å². The van der Waals surface area contributed by atoms with Crippen LogP contribution < -0.4 is 16.0 Å². The topological polar surface area (TPSA) is 78.0 Å². The van der Waals surface area contributed by atoms with Gasteiger partial charge in [-0.1, -0.05) is 19.1 Å². The van der Waals surface area contributed by atoms with Crippen molar-refractivity contribution in [2.75, 3.05) is 60.0 Å². The molecule has 1 fully saturated rings. The highest BCUT2D eigenvalue weighted by Crippen LogP contribution is 2.06. The molecule has 1 aromatic carbocycles. The van der Waals surface area contributed by atoms with Crippen molar-refractivity contribution in [3.8, 4) is 0 Å². The van der Waals surface area contributed by atoms with Crippen molar-refractivity contribution in [2.24, 2.45) is 10.9 Å². The minimum Gasteiger partial charge on any atom is -0.379 e. The summed E-state index contributed by atoms with van der Waals surface area (Å²) in [4.78, 5) is 18.5. The maximum absolute atomic E-state index is 11.7. The maximum atomic E-state index is 11.7. The van der Waals surface area contributed by atoms with E-state index in [4.69, 9.17) is 4.74 Å². The van der Waals surface area contributed by atoms with Crippen LogP contribution >= 0.6 is 24.0 Å². The molecule has 0 saturated carbocycles. The standard InChI is InChI=1S/C20H33N5O2.HI/c1-16(15-25-9-11-27-12-10-25)14-24-20(22-3)23-8-7-17-5-4-6-18(13-17)19(26)21-2;/h4-6,13,16H,7-12,14-15H2,1-3H3,(H,21,26)(H2,22,23,24);1H. The van der Waals surface area contributed by atoms with Crippen LogP contribution in [-0.2, 0) is 11.2 Å². The van der Waals surface area contributed by atoms with Crippen molar-refractivity contribution in [2.45, 2.75) is 13.3 Å². The van der Waals surface area contributed by atoms with E-state index in [9.17, 15) is 4.79 Å². The van der Waals surface area contributed by atoms with Gasteiger partial charge >= 0.3 is 0 Å². The van der Waals surface area contributed by atoms with Crippen LogP contribution in [0.25, 0.3) is 0 Å². The van der Waals surface area contributed by atoms with Gasteiger partial charge in [0.2, 0.25) is 0 Å². The average molecular weight is 503 g/mol. The Morgan fingerprint density at radius 3 is 2.71 bits per heavy atom. The minimum atomic E-state index is -0.0588. The summed E-state index contributed by atoms with van der Waals surface area (Å²) in [6.45, 7) is 8.67. The second-order valence-corrected chi connectivity index (χ2v) is 6.93. The highest BCUT2D eigenvalue weighted by molar-refractivity contribution is 14.0. The molecular weight excluding hydrogens is 469 g/mol. The Labute approximate surface area is 185 Å². The molecule has 3 N–H and O–H groups in total. The molecule has 2 rings (SSSR count). The third kappa shape index (κ3) is 8.74. The first-order chi connectivity index (χ1) is 13.1. The molecule has 0 aliphatic carbocycles. The van der Waals surface area contributed by atoms with Crippen LogP contribution in [0.3, 0.4) is 0 Å². The van der Waals surface area contributed by atoms with Gasteiger partial charge in [-0.25, -0.2) is 0 Å². The van der Waals surface area contributed by atoms with Gasteiger partial charge in [0.25, 0.3) is 5.91 Å². The van der Waals surface area contributed by atoms with E-state index in [1.165, 1.54) is 0 Å². The lowest BCUT2D eigenvalue weighted by Gasteiger charge is -2.29. The molecule has 7 nitrogen and oxygen atoms in total. The third-order valence-corrected chi connectivity index (χ3v) is 4.64. The molecule has 0 radical (unpaired) electrons. The molecule has 1 aromatic rings. The fraction of sp³-hybridized carbons (Fsp3) is 0.600. The van der Waals surface area contributed by atoms with Crippen molar-refractivity contribution in [3.63, 3.8) is 0 Å². The van der Waals surface area contributed by atoms with Gasteiger partial charge in [0, 0.05) is 52.4 Å². The fourth-order valence-electron chi connectivity index (χ4n) is 3.12. The van der Waals surface area contributed by atoms with Crippen LogP contribution in [-0.4, -0.2) is 76.8 Å². The average Bonchev–Trinajstić information content (AvgIpc) is 2.70. The quantitative estimate of drug-likeness (QED) is 0.284. The Balaban J connectivity index is 0.00000392. The molecule has 1 aliphatic heterocycles. The predicted molar refractivity (Wildman–Crippen MR) is 125 cm³/mol. The Bertz CT molecular complexity index is 620. The first kappa shape index (κ1) is 24.6. The van der Waals surface area contributed by atoms with Crippen molar-refractivity contribution in [3.05, 3.63) is 35.4 Å². The minimum absolute atomic E-state index is 0. The Kier molecular flexibility index (Phi) is 12.1. The number of nitrogens with zero attached hydrogens (tertiary/aromatic N) is 2. The number of rotatable bonds is 8. The normalized spacial score (nSPS) is 16.0. The van der Waals surface area contributed by atoms with E-state index in [-0.39, 0.29) is 29.9 Å². The number of carbonyl (C=O) groups excluding carboxylic acids is 1. The summed E-state index contributed by atoms with van der Waals surface area (Å²) < 4.78 is 5.40. The van der Waals surface area contributed by atoms with Gasteiger partial charge in [0.15, 0.2) is 5.96 Å². The van der Waals surface area contributed by atoms with E-state index in [2.05, 4.69) is 32.8 Å². The van der Waals surface area contributed by atoms with E-state index in [0.717, 1.165) is 63.9 Å². The molecule has 1 unspecified atom stereocenters. The smallest absolute Gasteiger partial charge is 0.251 e. The van der Waals surface area contributed by atoms with E-state index in [0.29, 0.717) is 11.5 Å². The molecule has 0 bridgehead atoms. The number of ether oxygens (including phenoxy) is 1. The van der Waals surface area contributed by atoms with Gasteiger partial charge < -0.3 is 20.7 Å². The molecule has 158 valence electrons. The molecule has 1 atom stereocenters. The lowest BCUT2D eigenvalue weighted by molar-refractivity contribution is 0.0320. The van der Waals surface area contributed by atoms with Crippen molar-refractivity contribution >= 4 is 35.8 Å². The zero-order valence-electron chi connectivity index (χ0n) is 17.2. The Hall–Kier alpha value is -1.39. The number of morpholine rings is 1. The van der Waals surface area contributed by atoms with Crippen LogP contribution in [0.15, 0.2) is 29.3 Å². The second-order valence-electron chi connectivity index (χ2n) is 6.93. The third-order valence-electron chi connectivity index (χ3n) is 4.64. The highest BCUT2D eigenvalue weighted by atomic mass is 127. The molecule has 0 spiro atoms. The van der Waals surface area contributed by atoms with Gasteiger partial charge in [0.1, 0.15) is 0 Å². The molecule has 1 heterocycles. The van der Waals surface area contributed by atoms with Crippen LogP contribution in [0.4, 0.5) is 0 Å². The molecule has 1 amide bonds. The van der Waals surface area contributed by atoms with Crippen molar-refractivity contribution in [1.29, 1.82) is 0 Å². The van der Waals surface area contributed by atoms with Crippen molar-refractivity contribution in [1.82, 2.24) is 20.9 Å². The second kappa shape index (κ2) is 13.7. The van der Waals surface area contributed by atoms with E-state index >= 15 is 0 Å². The van der Waals surface area contributed by atoms with Gasteiger partial charge in [-0.15, -0.1) is 24.0 Å². The first-order valence-corrected chi connectivity index (χ1v) is 9.68. The van der Waals surface area contributed by atoms with E-state index in [1.807, 2.05) is 24.3 Å². The number of hydrogen-bond donors (Lipinski definition) is 3. The zero-order chi connectivity index (χ0) is 19.5. The number of benzene rings is 1. The number of carbonyl (C=O) groups is 1. The number of aliphatic imine (C=N–C) groups is 1. The molecular formula is C20H34IN5O2. The number of hydrogen-bond acceptors (Lipinski definition) is 4. The van der Waals surface area contributed by atoms with E-state index in [1.54, 1.807) is 14.1 Å². The molecule has 1 aliphatic rings. The molecule has 8 heteroatoms. The number of amides is 1. The summed E-state index contributed by atoms with van der Waals surface area (Å²) in [5, 5.41) is 9.40. The molecule has 1 saturated heterocycles. The summed E-state index contributed by atoms with van der Waals surface area (Å²) in [6.07, 6.45) is 0.828. The fourth-order valence-corrected chi connectivity index (χ4v) is 3.12. The highest BCUT2D eigenvalue weighted by Gasteiger charge is 2.14. The first-order valence-electron chi connectivity index (χ1n) is 9.68. The number of guanidine groups is 1. The van der Waals surface area contributed by atoms with Crippen LogP contribution in [0.2, 0.25) is 0 Å². The summed E-state index contributed by atoms with van der Waals surface area (Å²) in [6, 6.07) is 7.71. The van der Waals surface area contributed by atoms with Gasteiger partial charge in [0.05, 0.1) is 13.2 Å². The number of halogens is 1. The molecule has 28 heavy (non-hydrogen) atoms. The SMILES string of the molecule is CN=C(NCCc1cccc(C(=O)NC)c1)NCC(C)CN1CCOCC1.I. The van der Waals surface area contributed by atoms with Crippen LogP contribution in [0.1, 0.15) is 22.8 Å². The lowest BCUT2D eigenvalue weighted by Crippen LogP contribution is -2.44. The summed E-state index contributed by atoms with van der Waals surface area (Å²) in [7, 11) is 3.43. The van der Waals surface area contributed by atoms with Crippen molar-refractivity contribution < 1.29 is 9.53 Å². The van der Waals surface area contributed by atoms with Crippen LogP contribution in [0, 0.1) is 5.92 Å². The zero-order valence-corrected chi connectivity index (χ0v) is 19.5. The predicted octanol–water partition coefficient (Wildman–Crippen LogP) is 1.34. The van der Waals surface area contributed by atoms with Gasteiger partial charge in [-0.05, 0) is 30.0 Å². The lowest BCUT2D eigenvalue weighted by atomic mass is 10.1. The van der Waals surface area contributed by atoms with Gasteiger partial charge in [-0.3, -0.25) is 14.7 Å².